The zero-order chi connectivity index (χ0) is 16.6. The third-order valence-corrected chi connectivity index (χ3v) is 4.12. The summed E-state index contributed by atoms with van der Waals surface area (Å²) in [5.41, 5.74) is 5.36. The monoisotopic (exact) mass is 327 g/mol. The van der Waals surface area contributed by atoms with E-state index in [1.807, 2.05) is 61.7 Å². The minimum Gasteiger partial charge on any atom is -0.493 e. The van der Waals surface area contributed by atoms with E-state index in [0.717, 1.165) is 39.8 Å². The van der Waals surface area contributed by atoms with Crippen LogP contribution in [0.3, 0.4) is 0 Å². The highest BCUT2D eigenvalue weighted by atomic mass is 35.5. The van der Waals surface area contributed by atoms with Gasteiger partial charge < -0.3 is 9.14 Å². The number of hydrogen-bond acceptors (Lipinski definition) is 2. The lowest BCUT2D eigenvalue weighted by atomic mass is 10.0. The molecule has 0 fully saturated rings. The van der Waals surface area contributed by atoms with Crippen molar-refractivity contribution in [2.45, 2.75) is 20.8 Å². The number of nitrogens with zero attached hydrogens (tertiary/aromatic N) is 1. The predicted octanol–water partition coefficient (Wildman–Crippen LogP) is 5.09. The molecule has 4 heteroatoms. The molecule has 3 rings (SSSR count). The second kappa shape index (κ2) is 6.09. The largest absolute Gasteiger partial charge is 0.493 e. The van der Waals surface area contributed by atoms with Gasteiger partial charge in [-0.1, -0.05) is 11.6 Å². The summed E-state index contributed by atoms with van der Waals surface area (Å²) < 4.78 is 7.70. The van der Waals surface area contributed by atoms with Crippen LogP contribution in [0.25, 0.3) is 16.6 Å². The number of rotatable bonds is 4. The Balaban J connectivity index is 2.34. The van der Waals surface area contributed by atoms with E-state index in [-0.39, 0.29) is 0 Å². The molecule has 0 bridgehead atoms. The first-order valence-electron chi connectivity index (χ1n) is 7.55. The van der Waals surface area contributed by atoms with Crippen molar-refractivity contribution in [3.05, 3.63) is 58.4 Å². The number of aromatic nitrogens is 1. The van der Waals surface area contributed by atoms with Gasteiger partial charge in [0.2, 0.25) is 0 Å². The minimum absolute atomic E-state index is 0.554. The highest BCUT2D eigenvalue weighted by Gasteiger charge is 2.17. The van der Waals surface area contributed by atoms with Crippen LogP contribution in [0.15, 0.2) is 36.5 Å². The average Bonchev–Trinajstić information content (AvgIpc) is 2.87. The summed E-state index contributed by atoms with van der Waals surface area (Å²) >= 11 is 6.24. The second-order valence-corrected chi connectivity index (χ2v) is 6.03. The topological polar surface area (TPSA) is 30.7 Å². The molecule has 0 saturated heterocycles. The highest BCUT2D eigenvalue weighted by molar-refractivity contribution is 6.31. The van der Waals surface area contributed by atoms with Gasteiger partial charge in [-0.15, -0.1) is 0 Å². The molecule has 0 radical (unpaired) electrons. The number of fused-ring (bicyclic) bond motifs is 1. The Bertz CT molecular complexity index is 896. The van der Waals surface area contributed by atoms with E-state index in [1.165, 1.54) is 0 Å². The zero-order valence-electron chi connectivity index (χ0n) is 13.4. The number of hydrogen-bond donors (Lipinski definition) is 0. The number of halogens is 1. The molecular formula is C19H18ClNO2. The second-order valence-electron chi connectivity index (χ2n) is 5.59. The van der Waals surface area contributed by atoms with Gasteiger partial charge in [0.25, 0.3) is 0 Å². The number of benzene rings is 1. The summed E-state index contributed by atoms with van der Waals surface area (Å²) in [6, 6.07) is 9.76. The third-order valence-electron chi connectivity index (χ3n) is 3.90. The Morgan fingerprint density at radius 3 is 2.65 bits per heavy atom. The van der Waals surface area contributed by atoms with Crippen LogP contribution in [0.2, 0.25) is 5.02 Å². The Morgan fingerprint density at radius 1 is 1.17 bits per heavy atom. The van der Waals surface area contributed by atoms with E-state index in [1.54, 1.807) is 0 Å². The lowest BCUT2D eigenvalue weighted by Gasteiger charge is -2.13. The first-order chi connectivity index (χ1) is 11.0. The molecule has 0 atom stereocenters. The van der Waals surface area contributed by atoms with E-state index in [0.29, 0.717) is 17.3 Å². The molecule has 2 heterocycles. The summed E-state index contributed by atoms with van der Waals surface area (Å²) in [6.07, 6.45) is 2.79. The van der Waals surface area contributed by atoms with Gasteiger partial charge in [0.15, 0.2) is 6.29 Å². The lowest BCUT2D eigenvalue weighted by molar-refractivity contribution is 0.111. The molecule has 2 aromatic heterocycles. The number of aldehydes is 1. The number of carbonyl (C=O) groups excluding carboxylic acids is 1. The van der Waals surface area contributed by atoms with Crippen LogP contribution < -0.4 is 4.74 Å². The van der Waals surface area contributed by atoms with Crippen molar-refractivity contribution in [3.63, 3.8) is 0 Å². The fraction of sp³-hybridized carbons (Fsp3) is 0.211. The lowest BCUT2D eigenvalue weighted by Crippen LogP contribution is -1.98. The third kappa shape index (κ3) is 2.73. The zero-order valence-corrected chi connectivity index (χ0v) is 14.1. The molecule has 0 saturated carbocycles. The summed E-state index contributed by atoms with van der Waals surface area (Å²) in [5.74, 6) is 0.771. The maximum atomic E-state index is 11.7. The Morgan fingerprint density at radius 2 is 1.96 bits per heavy atom. The van der Waals surface area contributed by atoms with E-state index in [4.69, 9.17) is 16.3 Å². The van der Waals surface area contributed by atoms with Crippen LogP contribution >= 0.6 is 11.6 Å². The summed E-state index contributed by atoms with van der Waals surface area (Å²) in [6.45, 7) is 6.49. The van der Waals surface area contributed by atoms with Crippen molar-refractivity contribution < 1.29 is 9.53 Å². The number of ether oxygens (including phenoxy) is 1. The van der Waals surface area contributed by atoms with Crippen LogP contribution in [0.5, 0.6) is 5.75 Å². The van der Waals surface area contributed by atoms with Crippen LogP contribution in [0, 0.1) is 13.8 Å². The van der Waals surface area contributed by atoms with Gasteiger partial charge in [0.05, 0.1) is 12.3 Å². The standard InChI is InChI=1S/C19H18ClNO2/c1-4-23-19-13(3)8-14(20)9-17(19)16-10-15-7-12(2)5-6-21(15)18(16)11-22/h5-11H,4H2,1-3H3. The first kappa shape index (κ1) is 15.6. The van der Waals surface area contributed by atoms with Crippen molar-refractivity contribution >= 4 is 23.4 Å². The highest BCUT2D eigenvalue weighted by Crippen LogP contribution is 2.38. The van der Waals surface area contributed by atoms with Crippen molar-refractivity contribution in [2.24, 2.45) is 0 Å². The van der Waals surface area contributed by atoms with Gasteiger partial charge in [0.1, 0.15) is 5.75 Å². The Kier molecular flexibility index (Phi) is 4.14. The summed E-state index contributed by atoms with van der Waals surface area (Å²) in [7, 11) is 0. The predicted molar refractivity (Wildman–Crippen MR) is 93.9 cm³/mol. The fourth-order valence-corrected chi connectivity index (χ4v) is 3.19. The van der Waals surface area contributed by atoms with Crippen molar-refractivity contribution in [2.75, 3.05) is 6.61 Å². The fourth-order valence-electron chi connectivity index (χ4n) is 2.91. The van der Waals surface area contributed by atoms with Gasteiger partial charge in [-0.2, -0.15) is 0 Å². The van der Waals surface area contributed by atoms with Crippen molar-refractivity contribution in [3.8, 4) is 16.9 Å². The molecular weight excluding hydrogens is 310 g/mol. The van der Waals surface area contributed by atoms with E-state index in [9.17, 15) is 4.79 Å². The van der Waals surface area contributed by atoms with E-state index in [2.05, 4.69) is 0 Å². The molecule has 23 heavy (non-hydrogen) atoms. The van der Waals surface area contributed by atoms with Crippen LogP contribution in [-0.2, 0) is 0 Å². The SMILES string of the molecule is CCOc1c(C)cc(Cl)cc1-c1cc2cc(C)ccn2c1C=O. The quantitative estimate of drug-likeness (QED) is 0.625. The Labute approximate surface area is 140 Å². The van der Waals surface area contributed by atoms with Gasteiger partial charge in [-0.05, 0) is 62.2 Å². The summed E-state index contributed by atoms with van der Waals surface area (Å²) in [4.78, 5) is 11.7. The maximum Gasteiger partial charge on any atom is 0.167 e. The molecule has 0 aliphatic carbocycles. The molecule has 0 N–H and O–H groups in total. The smallest absolute Gasteiger partial charge is 0.167 e. The van der Waals surface area contributed by atoms with Crippen LogP contribution in [0.4, 0.5) is 0 Å². The van der Waals surface area contributed by atoms with E-state index < -0.39 is 0 Å². The normalized spacial score (nSPS) is 11.0. The molecule has 0 aliphatic heterocycles. The molecule has 0 spiro atoms. The number of aryl methyl sites for hydroxylation is 2. The van der Waals surface area contributed by atoms with E-state index >= 15 is 0 Å². The molecule has 3 aromatic rings. The molecule has 3 nitrogen and oxygen atoms in total. The molecule has 1 aromatic carbocycles. The molecule has 0 unspecified atom stereocenters. The molecule has 0 aliphatic rings. The van der Waals surface area contributed by atoms with Crippen LogP contribution in [0.1, 0.15) is 28.5 Å². The number of pyridine rings is 1. The van der Waals surface area contributed by atoms with Gasteiger partial charge in [-0.3, -0.25) is 4.79 Å². The van der Waals surface area contributed by atoms with Crippen LogP contribution in [-0.4, -0.2) is 17.3 Å². The number of carbonyl (C=O) groups is 1. The average molecular weight is 328 g/mol. The summed E-state index contributed by atoms with van der Waals surface area (Å²) in [5, 5.41) is 0.629. The molecule has 0 amide bonds. The Hall–Kier alpha value is -2.26. The van der Waals surface area contributed by atoms with Gasteiger partial charge >= 0.3 is 0 Å². The minimum atomic E-state index is 0.554. The van der Waals surface area contributed by atoms with Gasteiger partial charge in [0, 0.05) is 27.9 Å². The van der Waals surface area contributed by atoms with Crippen molar-refractivity contribution in [1.29, 1.82) is 0 Å². The maximum absolute atomic E-state index is 11.7. The van der Waals surface area contributed by atoms with Gasteiger partial charge in [-0.25, -0.2) is 0 Å². The molecule has 118 valence electrons. The first-order valence-corrected chi connectivity index (χ1v) is 7.93. The van der Waals surface area contributed by atoms with Crippen molar-refractivity contribution in [1.82, 2.24) is 4.40 Å².